The van der Waals surface area contributed by atoms with Crippen LogP contribution < -0.4 is 5.40 Å². The van der Waals surface area contributed by atoms with Gasteiger partial charge in [0.2, 0.25) is 0 Å². The molecule has 116 valence electrons. The molecule has 0 aliphatic carbocycles. The van der Waals surface area contributed by atoms with Gasteiger partial charge in [0.1, 0.15) is 7.75 Å². The lowest BCUT2D eigenvalue weighted by atomic mass is 10.1. The van der Waals surface area contributed by atoms with Gasteiger partial charge in [0.15, 0.2) is 0 Å². The summed E-state index contributed by atoms with van der Waals surface area (Å²) in [5.41, 5.74) is 0. The Morgan fingerprint density at radius 2 is 0.947 bits per heavy atom. The van der Waals surface area contributed by atoms with Crippen LogP contribution in [0.25, 0.3) is 0 Å². The minimum atomic E-state index is -1.20. The van der Waals surface area contributed by atoms with Gasteiger partial charge < -0.3 is 5.40 Å². The van der Waals surface area contributed by atoms with Crippen molar-refractivity contribution in [2.24, 2.45) is 5.40 Å². The van der Waals surface area contributed by atoms with E-state index in [-0.39, 0.29) is 0 Å². The van der Waals surface area contributed by atoms with Crippen molar-refractivity contribution in [3.8, 4) is 0 Å². The van der Waals surface area contributed by atoms with Gasteiger partial charge >= 0.3 is 0 Å². The first-order valence-electron chi connectivity index (χ1n) is 8.91. The number of unbranched alkanes of at least 4 members (excludes halogenated alkanes) is 10. The van der Waals surface area contributed by atoms with Crippen LogP contribution >= 0.6 is 0 Å². The van der Waals surface area contributed by atoms with Crippen molar-refractivity contribution < 1.29 is 0 Å². The van der Waals surface area contributed by atoms with Crippen LogP contribution in [0.4, 0.5) is 0 Å². The van der Waals surface area contributed by atoms with E-state index < -0.39 is 7.75 Å². The summed E-state index contributed by atoms with van der Waals surface area (Å²) in [5, 5.41) is 6.60. The minimum absolute atomic E-state index is 1.20. The molecule has 0 spiro atoms. The first kappa shape index (κ1) is 19.4. The molecule has 0 aromatic heterocycles. The van der Waals surface area contributed by atoms with Crippen LogP contribution in [-0.4, -0.2) is 17.5 Å². The van der Waals surface area contributed by atoms with Crippen molar-refractivity contribution in [1.82, 2.24) is 0 Å². The molecule has 2 N–H and O–H groups in total. The molecule has 0 radical (unpaired) electrons. The second kappa shape index (κ2) is 13.4. The predicted octanol–water partition coefficient (Wildman–Crippen LogP) is 4.47. The van der Waals surface area contributed by atoms with Crippen molar-refractivity contribution in [2.45, 2.75) is 103 Å². The molecular weight excluding hydrogens is 262 g/mol. The lowest BCUT2D eigenvalue weighted by Gasteiger charge is -2.22. The van der Waals surface area contributed by atoms with Gasteiger partial charge in [-0.25, -0.2) is 0 Å². The SMILES string of the molecule is CCCCCCCC[Si](N)([SiH3])CCCCCCCC. The molecule has 0 rings (SSSR count). The molecule has 0 atom stereocenters. The maximum atomic E-state index is 6.60. The smallest absolute Gasteiger partial charge is 0.101 e. The molecule has 0 fully saturated rings. The minimum Gasteiger partial charge on any atom is -0.353 e. The molecule has 3 heteroatoms. The van der Waals surface area contributed by atoms with Crippen molar-refractivity contribution in [3.05, 3.63) is 0 Å². The van der Waals surface area contributed by atoms with Crippen LogP contribution in [0, 0.1) is 0 Å². The maximum absolute atomic E-state index is 6.60. The zero-order valence-corrected chi connectivity index (χ0v) is 17.0. The Kier molecular flexibility index (Phi) is 13.7. The molecule has 1 nitrogen and oxygen atoms in total. The largest absolute Gasteiger partial charge is 0.353 e. The third-order valence-electron chi connectivity index (χ3n) is 4.20. The molecule has 0 saturated heterocycles. The highest BCUT2D eigenvalue weighted by Gasteiger charge is 2.19. The van der Waals surface area contributed by atoms with Crippen molar-refractivity contribution in [2.75, 3.05) is 0 Å². The van der Waals surface area contributed by atoms with Crippen molar-refractivity contribution in [3.63, 3.8) is 0 Å². The van der Waals surface area contributed by atoms with Crippen LogP contribution in [0.1, 0.15) is 90.9 Å². The molecule has 0 unspecified atom stereocenters. The highest BCUT2D eigenvalue weighted by molar-refractivity contribution is 7.15. The zero-order chi connectivity index (χ0) is 14.4. The van der Waals surface area contributed by atoms with E-state index in [9.17, 15) is 0 Å². The van der Waals surface area contributed by atoms with Crippen LogP contribution in [0.2, 0.25) is 12.1 Å². The first-order chi connectivity index (χ1) is 9.12. The summed E-state index contributed by atoms with van der Waals surface area (Å²) in [6.07, 6.45) is 17.0. The summed E-state index contributed by atoms with van der Waals surface area (Å²) < 4.78 is 0. The van der Waals surface area contributed by atoms with Crippen molar-refractivity contribution in [1.29, 1.82) is 0 Å². The Balaban J connectivity index is 3.36. The fraction of sp³-hybridized carbons (Fsp3) is 1.00. The summed E-state index contributed by atoms with van der Waals surface area (Å²) in [7, 11) is 0.103. The van der Waals surface area contributed by atoms with Gasteiger partial charge in [-0.05, 0) is 12.1 Å². The molecule has 19 heavy (non-hydrogen) atoms. The van der Waals surface area contributed by atoms with E-state index in [1.165, 1.54) is 98.9 Å². The predicted molar refractivity (Wildman–Crippen MR) is 96.2 cm³/mol. The summed E-state index contributed by atoms with van der Waals surface area (Å²) in [4.78, 5) is 0. The third-order valence-corrected chi connectivity index (χ3v) is 10.2. The third kappa shape index (κ3) is 14.6. The molecule has 0 aliphatic rings. The topological polar surface area (TPSA) is 26.0 Å². The summed E-state index contributed by atoms with van der Waals surface area (Å²) >= 11 is 0. The fourth-order valence-electron chi connectivity index (χ4n) is 2.74. The molecule has 0 aromatic carbocycles. The van der Waals surface area contributed by atoms with Gasteiger partial charge in [0.25, 0.3) is 0 Å². The van der Waals surface area contributed by atoms with E-state index in [0.717, 1.165) is 0 Å². The molecule has 0 aliphatic heterocycles. The van der Waals surface area contributed by atoms with Crippen LogP contribution in [-0.2, 0) is 0 Å². The van der Waals surface area contributed by atoms with E-state index in [2.05, 4.69) is 13.8 Å². The number of rotatable bonds is 14. The van der Waals surface area contributed by atoms with E-state index in [1.54, 1.807) is 0 Å². The first-order valence-corrected chi connectivity index (χ1v) is 14.9. The number of hydrogen-bond donors (Lipinski definition) is 1. The lowest BCUT2D eigenvalue weighted by molar-refractivity contribution is 0.616. The molecule has 0 heterocycles. The molecule has 0 amide bonds. The average molecular weight is 302 g/mol. The number of hydrogen-bond acceptors (Lipinski definition) is 1. The van der Waals surface area contributed by atoms with Gasteiger partial charge in [-0.15, -0.1) is 0 Å². The highest BCUT2D eigenvalue weighted by atomic mass is 29.2. The van der Waals surface area contributed by atoms with E-state index >= 15 is 0 Å². The Labute approximate surface area is 126 Å². The van der Waals surface area contributed by atoms with Gasteiger partial charge in [0.05, 0.1) is 0 Å². The van der Waals surface area contributed by atoms with E-state index in [1.807, 2.05) is 0 Å². The van der Waals surface area contributed by atoms with Crippen LogP contribution in [0.3, 0.4) is 0 Å². The van der Waals surface area contributed by atoms with Gasteiger partial charge in [0, 0.05) is 9.76 Å². The van der Waals surface area contributed by atoms with Crippen LogP contribution in [0.15, 0.2) is 0 Å². The molecule has 0 aromatic rings. The van der Waals surface area contributed by atoms with Crippen LogP contribution in [0.5, 0.6) is 0 Å². The van der Waals surface area contributed by atoms with Gasteiger partial charge in [-0.2, -0.15) is 0 Å². The quantitative estimate of drug-likeness (QED) is 0.372. The molecule has 0 bridgehead atoms. The van der Waals surface area contributed by atoms with E-state index in [4.69, 9.17) is 5.40 Å². The van der Waals surface area contributed by atoms with E-state index in [0.29, 0.717) is 0 Å². The second-order valence-electron chi connectivity index (χ2n) is 6.69. The number of nitrogens with two attached hydrogens (primary N) is 1. The molecule has 0 saturated carbocycles. The Morgan fingerprint density at radius 3 is 1.32 bits per heavy atom. The Morgan fingerprint density at radius 1 is 0.632 bits per heavy atom. The maximum Gasteiger partial charge on any atom is 0.101 e. The fourth-order valence-corrected chi connectivity index (χ4v) is 7.23. The second-order valence-corrected chi connectivity index (χ2v) is 17.0. The Bertz CT molecular complexity index is 166. The van der Waals surface area contributed by atoms with Crippen molar-refractivity contribution >= 4 is 17.5 Å². The monoisotopic (exact) mass is 301 g/mol. The normalized spacial score (nSPS) is 12.2. The van der Waals surface area contributed by atoms with Gasteiger partial charge in [-0.3, -0.25) is 0 Å². The summed E-state index contributed by atoms with van der Waals surface area (Å²) in [5.74, 6) is 0. The molecular formula is C16H39NSi2. The average Bonchev–Trinajstić information content (AvgIpc) is 2.38. The summed E-state index contributed by atoms with van der Waals surface area (Å²) in [6.45, 7) is 4.58. The van der Waals surface area contributed by atoms with Gasteiger partial charge in [-0.1, -0.05) is 90.9 Å². The Hall–Kier alpha value is 0.394. The zero-order valence-electron chi connectivity index (χ0n) is 14.0. The summed E-state index contributed by atoms with van der Waals surface area (Å²) in [6, 6.07) is 2.83. The highest BCUT2D eigenvalue weighted by Crippen LogP contribution is 2.17. The lowest BCUT2D eigenvalue weighted by Crippen LogP contribution is -2.46. The standard InChI is InChI=1S/C16H39NSi2/c1-3-5-7-9-11-13-15-19(17,18)16-14-12-10-8-6-4-2/h3-17H2,1-2,18H3.